The fourth-order valence-corrected chi connectivity index (χ4v) is 4.60. The molecule has 1 aromatic heterocycles. The number of alkyl halides is 2. The van der Waals surface area contributed by atoms with E-state index in [1.54, 1.807) is 32.0 Å². The van der Waals surface area contributed by atoms with Crippen LogP contribution < -0.4 is 15.6 Å². The fraction of sp³-hybridized carbons (Fsp3) is 0.370. The van der Waals surface area contributed by atoms with Crippen molar-refractivity contribution in [2.24, 2.45) is 0 Å². The Kier molecular flexibility index (Phi) is 8.14. The number of fused-ring (bicyclic) bond motifs is 1. The molecule has 208 valence electrons. The van der Waals surface area contributed by atoms with Crippen LogP contribution in [0.3, 0.4) is 0 Å². The lowest BCUT2D eigenvalue weighted by Gasteiger charge is -2.36. The van der Waals surface area contributed by atoms with Gasteiger partial charge in [0.1, 0.15) is 24.2 Å². The Morgan fingerprint density at radius 2 is 1.97 bits per heavy atom. The third-order valence-electron chi connectivity index (χ3n) is 6.49. The molecule has 4 rings (SSSR count). The molecule has 0 bridgehead atoms. The van der Waals surface area contributed by atoms with Crippen LogP contribution in [0.15, 0.2) is 51.8 Å². The number of amides is 2. The molecule has 0 spiro atoms. The third-order valence-corrected chi connectivity index (χ3v) is 6.49. The summed E-state index contributed by atoms with van der Waals surface area (Å²) in [7, 11) is 1.52. The van der Waals surface area contributed by atoms with Crippen molar-refractivity contribution in [3.63, 3.8) is 0 Å². The van der Waals surface area contributed by atoms with E-state index in [0.717, 1.165) is 17.7 Å². The molecule has 1 atom stereocenters. The smallest absolute Gasteiger partial charge is 0.293 e. The molecule has 2 amide bonds. The largest absolute Gasteiger partial charge is 0.497 e. The monoisotopic (exact) mass is 547 g/mol. The van der Waals surface area contributed by atoms with Crippen molar-refractivity contribution in [3.05, 3.63) is 81.1 Å². The quantitative estimate of drug-likeness (QED) is 0.418. The fourth-order valence-electron chi connectivity index (χ4n) is 4.60. The van der Waals surface area contributed by atoms with Crippen molar-refractivity contribution in [1.29, 1.82) is 0 Å². The standard InChI is InChI=1S/C27H28F3N3O6/c1-27(2,14-38-13-22(29)30)19-7-4-16(11-20(19)28)31-25(35)24-18-6-5-17(37-3)10-15(18)8-9-33(24)26(36)21-12-23(34)32-39-21/h4-7,10-12,22,24H,8-9,13-14H2,1-3H3,(H,31,35)(H,32,34). The summed E-state index contributed by atoms with van der Waals surface area (Å²) >= 11 is 0. The number of carbonyl (C=O) groups is 2. The number of aromatic nitrogens is 1. The van der Waals surface area contributed by atoms with Crippen molar-refractivity contribution in [2.45, 2.75) is 38.2 Å². The van der Waals surface area contributed by atoms with Crippen LogP contribution in [0.2, 0.25) is 0 Å². The maximum absolute atomic E-state index is 15.1. The molecule has 2 heterocycles. The van der Waals surface area contributed by atoms with Crippen molar-refractivity contribution in [2.75, 3.05) is 32.2 Å². The second-order valence-electron chi connectivity index (χ2n) is 9.77. The Morgan fingerprint density at radius 3 is 2.62 bits per heavy atom. The second-order valence-corrected chi connectivity index (χ2v) is 9.77. The molecule has 0 fully saturated rings. The molecule has 0 radical (unpaired) electrons. The van der Waals surface area contributed by atoms with Gasteiger partial charge in [-0.25, -0.2) is 13.2 Å². The summed E-state index contributed by atoms with van der Waals surface area (Å²) in [5, 5.41) is 4.73. The third kappa shape index (κ3) is 6.17. The number of rotatable bonds is 9. The lowest BCUT2D eigenvalue weighted by molar-refractivity contribution is -0.121. The topological polar surface area (TPSA) is 114 Å². The van der Waals surface area contributed by atoms with Gasteiger partial charge < -0.3 is 24.2 Å². The lowest BCUT2D eigenvalue weighted by Crippen LogP contribution is -2.45. The summed E-state index contributed by atoms with van der Waals surface area (Å²) in [6, 6.07) is 9.06. The van der Waals surface area contributed by atoms with Gasteiger partial charge >= 0.3 is 0 Å². The summed E-state index contributed by atoms with van der Waals surface area (Å²) in [6.07, 6.45) is -2.21. The van der Waals surface area contributed by atoms with Crippen LogP contribution in [0.4, 0.5) is 18.9 Å². The van der Waals surface area contributed by atoms with Crippen molar-refractivity contribution < 1.29 is 36.8 Å². The minimum Gasteiger partial charge on any atom is -0.497 e. The molecule has 2 N–H and O–H groups in total. The van der Waals surface area contributed by atoms with E-state index in [2.05, 4.69) is 10.5 Å². The molecule has 0 aliphatic carbocycles. The van der Waals surface area contributed by atoms with E-state index in [9.17, 15) is 23.2 Å². The highest BCUT2D eigenvalue weighted by molar-refractivity contribution is 6.01. The van der Waals surface area contributed by atoms with Crippen LogP contribution in [0.1, 0.15) is 47.1 Å². The Morgan fingerprint density at radius 1 is 1.21 bits per heavy atom. The van der Waals surface area contributed by atoms with Crippen molar-refractivity contribution >= 4 is 17.5 Å². The van der Waals surface area contributed by atoms with E-state index in [-0.39, 0.29) is 30.2 Å². The van der Waals surface area contributed by atoms with Gasteiger partial charge in [0, 0.05) is 17.6 Å². The molecule has 0 saturated heterocycles. The predicted octanol–water partition coefficient (Wildman–Crippen LogP) is 4.05. The molecule has 12 heteroatoms. The van der Waals surface area contributed by atoms with Gasteiger partial charge in [0.2, 0.25) is 5.76 Å². The van der Waals surface area contributed by atoms with Gasteiger partial charge in [0.25, 0.3) is 23.8 Å². The minimum absolute atomic E-state index is 0.130. The van der Waals surface area contributed by atoms with Crippen molar-refractivity contribution in [3.8, 4) is 5.75 Å². The summed E-state index contributed by atoms with van der Waals surface area (Å²) in [4.78, 5) is 39.6. The number of benzene rings is 2. The average Bonchev–Trinajstić information content (AvgIpc) is 3.32. The summed E-state index contributed by atoms with van der Waals surface area (Å²) in [6.45, 7) is 2.58. The van der Waals surface area contributed by atoms with E-state index in [1.807, 2.05) is 0 Å². The normalized spacial score (nSPS) is 15.3. The first-order chi connectivity index (χ1) is 18.5. The minimum atomic E-state index is -2.63. The highest BCUT2D eigenvalue weighted by Crippen LogP contribution is 2.35. The number of ether oxygens (including phenoxy) is 2. The number of nitrogens with zero attached hydrogens (tertiary/aromatic N) is 1. The molecule has 1 aliphatic heterocycles. The maximum Gasteiger partial charge on any atom is 0.293 e. The molecule has 1 unspecified atom stereocenters. The van der Waals surface area contributed by atoms with E-state index in [0.29, 0.717) is 17.7 Å². The predicted molar refractivity (Wildman–Crippen MR) is 135 cm³/mol. The van der Waals surface area contributed by atoms with Crippen LogP contribution >= 0.6 is 0 Å². The maximum atomic E-state index is 15.1. The van der Waals surface area contributed by atoms with E-state index < -0.39 is 47.7 Å². The number of H-pyrrole nitrogens is 1. The highest BCUT2D eigenvalue weighted by Gasteiger charge is 2.38. The summed E-state index contributed by atoms with van der Waals surface area (Å²) in [5.74, 6) is -1.60. The summed E-state index contributed by atoms with van der Waals surface area (Å²) in [5.41, 5.74) is 0.184. The van der Waals surface area contributed by atoms with E-state index >= 15 is 4.39 Å². The number of anilines is 1. The first-order valence-electron chi connectivity index (χ1n) is 12.1. The SMILES string of the molecule is COc1ccc2c(c1)CCN(C(=O)c1cc(=O)[nH]o1)C2C(=O)Nc1ccc(C(C)(C)COCC(F)F)c(F)c1. The van der Waals surface area contributed by atoms with Crippen LogP contribution in [-0.4, -0.2) is 55.2 Å². The first-order valence-corrected chi connectivity index (χ1v) is 12.1. The molecular weight excluding hydrogens is 519 g/mol. The van der Waals surface area contributed by atoms with Crippen LogP contribution in [0.5, 0.6) is 5.75 Å². The lowest BCUT2D eigenvalue weighted by atomic mass is 9.85. The Bertz CT molecular complexity index is 1420. The number of halogens is 3. The number of nitrogens with one attached hydrogen (secondary N) is 2. The van der Waals surface area contributed by atoms with Crippen LogP contribution in [0.25, 0.3) is 0 Å². The molecule has 39 heavy (non-hydrogen) atoms. The average molecular weight is 548 g/mol. The molecule has 3 aromatic rings. The van der Waals surface area contributed by atoms with Gasteiger partial charge in [-0.3, -0.25) is 14.4 Å². The Hall–Kier alpha value is -4.06. The van der Waals surface area contributed by atoms with Gasteiger partial charge in [0.05, 0.1) is 19.8 Å². The van der Waals surface area contributed by atoms with Crippen LogP contribution in [-0.2, 0) is 21.4 Å². The zero-order valence-corrected chi connectivity index (χ0v) is 21.6. The number of aromatic amines is 1. The zero-order valence-electron chi connectivity index (χ0n) is 21.6. The van der Waals surface area contributed by atoms with Gasteiger partial charge in [-0.05, 0) is 47.4 Å². The Labute approximate surface area is 221 Å². The van der Waals surface area contributed by atoms with E-state index in [1.165, 1.54) is 24.1 Å². The number of hydrogen-bond acceptors (Lipinski definition) is 6. The van der Waals surface area contributed by atoms with Gasteiger partial charge in [-0.2, -0.15) is 5.16 Å². The second kappa shape index (κ2) is 11.4. The molecule has 2 aromatic carbocycles. The van der Waals surface area contributed by atoms with Gasteiger partial charge in [0.15, 0.2) is 0 Å². The number of methoxy groups -OCH3 is 1. The van der Waals surface area contributed by atoms with Crippen LogP contribution in [0, 0.1) is 5.82 Å². The van der Waals surface area contributed by atoms with E-state index in [4.69, 9.17) is 14.0 Å². The molecule has 0 saturated carbocycles. The van der Waals surface area contributed by atoms with Crippen molar-refractivity contribution in [1.82, 2.24) is 10.1 Å². The molecule has 9 nitrogen and oxygen atoms in total. The first kappa shape index (κ1) is 28.0. The Balaban J connectivity index is 1.61. The molecule has 1 aliphatic rings. The van der Waals surface area contributed by atoms with Gasteiger partial charge in [-0.15, -0.1) is 0 Å². The highest BCUT2D eigenvalue weighted by atomic mass is 19.3. The summed E-state index contributed by atoms with van der Waals surface area (Å²) < 4.78 is 55.2. The molecular formula is C27H28F3N3O6. The van der Waals surface area contributed by atoms with Gasteiger partial charge in [-0.1, -0.05) is 26.0 Å². The zero-order chi connectivity index (χ0) is 28.3. The number of hydrogen-bond donors (Lipinski definition) is 2. The number of carbonyl (C=O) groups excluding carboxylic acids is 2.